The van der Waals surface area contributed by atoms with E-state index in [9.17, 15) is 9.59 Å². The molecule has 1 saturated carbocycles. The lowest BCUT2D eigenvalue weighted by Crippen LogP contribution is -2.34. The summed E-state index contributed by atoms with van der Waals surface area (Å²) in [5.41, 5.74) is 1.68. The smallest absolute Gasteiger partial charge is 0.267 e. The quantitative estimate of drug-likeness (QED) is 0.350. The standard InChI is InChI=1S/C23H21N5O2S2/c24-10-4-12-27(13-5-11-25)19(29)15-32-23-26-21-20(18(14-31-21)16-8-9-16)22(30)28(23)17-6-2-1-3-7-17/h1-3,6-7,14,16H,4-5,8-9,12-13,15H2. The Labute approximate surface area is 193 Å². The molecule has 32 heavy (non-hydrogen) atoms. The Bertz CT molecular complexity index is 1250. The summed E-state index contributed by atoms with van der Waals surface area (Å²) in [6.45, 7) is 0.566. The van der Waals surface area contributed by atoms with Crippen molar-refractivity contribution in [2.45, 2.75) is 36.8 Å². The maximum atomic E-state index is 13.6. The van der Waals surface area contributed by atoms with Crippen molar-refractivity contribution in [3.8, 4) is 17.8 Å². The van der Waals surface area contributed by atoms with Crippen LogP contribution < -0.4 is 5.56 Å². The zero-order valence-electron chi connectivity index (χ0n) is 17.4. The van der Waals surface area contributed by atoms with Crippen LogP contribution in [-0.4, -0.2) is 39.2 Å². The highest BCUT2D eigenvalue weighted by Crippen LogP contribution is 2.44. The van der Waals surface area contributed by atoms with Gasteiger partial charge in [-0.1, -0.05) is 30.0 Å². The van der Waals surface area contributed by atoms with Crippen LogP contribution in [0.2, 0.25) is 0 Å². The molecule has 2 aromatic heterocycles. The van der Waals surface area contributed by atoms with E-state index in [2.05, 4.69) is 0 Å². The lowest BCUT2D eigenvalue weighted by atomic mass is 10.1. The highest BCUT2D eigenvalue weighted by Gasteiger charge is 2.29. The van der Waals surface area contributed by atoms with E-state index in [1.165, 1.54) is 28.0 Å². The van der Waals surface area contributed by atoms with Gasteiger partial charge in [-0.2, -0.15) is 10.5 Å². The molecule has 162 valence electrons. The van der Waals surface area contributed by atoms with Gasteiger partial charge in [-0.05, 0) is 41.8 Å². The van der Waals surface area contributed by atoms with Gasteiger partial charge in [0.25, 0.3) is 5.56 Å². The third kappa shape index (κ3) is 4.69. The summed E-state index contributed by atoms with van der Waals surface area (Å²) < 4.78 is 1.59. The van der Waals surface area contributed by atoms with Crippen LogP contribution >= 0.6 is 23.1 Å². The van der Waals surface area contributed by atoms with Gasteiger partial charge in [0.05, 0.1) is 41.8 Å². The predicted octanol–water partition coefficient (Wildman–Crippen LogP) is 4.07. The number of thiophene rings is 1. The van der Waals surface area contributed by atoms with Crippen LogP contribution in [0.1, 0.15) is 37.2 Å². The van der Waals surface area contributed by atoms with Crippen molar-refractivity contribution < 1.29 is 4.79 Å². The van der Waals surface area contributed by atoms with Gasteiger partial charge in [-0.25, -0.2) is 4.98 Å². The summed E-state index contributed by atoms with van der Waals surface area (Å²) in [5, 5.41) is 20.9. The van der Waals surface area contributed by atoms with E-state index in [4.69, 9.17) is 15.5 Å². The van der Waals surface area contributed by atoms with Crippen LogP contribution in [0, 0.1) is 22.7 Å². The number of hydrogen-bond donors (Lipinski definition) is 0. The van der Waals surface area contributed by atoms with Crippen molar-refractivity contribution in [1.29, 1.82) is 10.5 Å². The summed E-state index contributed by atoms with van der Waals surface area (Å²) >= 11 is 2.68. The molecule has 1 aromatic carbocycles. The Kier molecular flexibility index (Phi) is 6.89. The number of thioether (sulfide) groups is 1. The van der Waals surface area contributed by atoms with Gasteiger partial charge in [0, 0.05) is 13.1 Å². The Morgan fingerprint density at radius 2 is 1.88 bits per heavy atom. The van der Waals surface area contributed by atoms with E-state index < -0.39 is 0 Å². The number of nitriles is 2. The molecule has 2 heterocycles. The summed E-state index contributed by atoms with van der Waals surface area (Å²) in [5.74, 6) is 0.332. The lowest BCUT2D eigenvalue weighted by molar-refractivity contribution is -0.128. The highest BCUT2D eigenvalue weighted by molar-refractivity contribution is 7.99. The first-order valence-corrected chi connectivity index (χ1v) is 12.2. The fourth-order valence-corrected chi connectivity index (χ4v) is 5.52. The molecule has 0 spiro atoms. The second kappa shape index (κ2) is 9.99. The molecular formula is C23H21N5O2S2. The molecule has 1 aliphatic carbocycles. The fraction of sp³-hybridized carbons (Fsp3) is 0.348. The van der Waals surface area contributed by atoms with E-state index in [0.29, 0.717) is 27.0 Å². The molecule has 1 fully saturated rings. The van der Waals surface area contributed by atoms with E-state index >= 15 is 0 Å². The molecule has 0 unspecified atom stereocenters. The zero-order chi connectivity index (χ0) is 22.5. The molecule has 0 radical (unpaired) electrons. The minimum absolute atomic E-state index is 0.0719. The van der Waals surface area contributed by atoms with Crippen LogP contribution in [0.25, 0.3) is 15.9 Å². The highest BCUT2D eigenvalue weighted by atomic mass is 32.2. The number of nitrogens with zero attached hydrogens (tertiary/aromatic N) is 5. The van der Waals surface area contributed by atoms with Crippen LogP contribution in [0.15, 0.2) is 45.7 Å². The number of aromatic nitrogens is 2. The number of carbonyl (C=O) groups excluding carboxylic acids is 1. The minimum atomic E-state index is -0.181. The normalized spacial score (nSPS) is 12.9. The van der Waals surface area contributed by atoms with Gasteiger partial charge in [0.2, 0.25) is 5.91 Å². The van der Waals surface area contributed by atoms with Gasteiger partial charge in [-0.15, -0.1) is 11.3 Å². The van der Waals surface area contributed by atoms with Crippen LogP contribution in [0.5, 0.6) is 0 Å². The Morgan fingerprint density at radius 1 is 1.19 bits per heavy atom. The first kappa shape index (κ1) is 22.1. The van der Waals surface area contributed by atoms with Crippen molar-refractivity contribution in [2.24, 2.45) is 0 Å². The molecule has 0 bridgehead atoms. The molecule has 1 aliphatic rings. The second-order valence-electron chi connectivity index (χ2n) is 7.50. The molecule has 0 aliphatic heterocycles. The Balaban J connectivity index is 1.67. The van der Waals surface area contributed by atoms with Crippen molar-refractivity contribution in [3.05, 3.63) is 51.6 Å². The van der Waals surface area contributed by atoms with E-state index in [-0.39, 0.29) is 43.2 Å². The summed E-state index contributed by atoms with van der Waals surface area (Å²) in [6.07, 6.45) is 2.62. The van der Waals surface area contributed by atoms with E-state index in [1.54, 1.807) is 4.57 Å². The van der Waals surface area contributed by atoms with Crippen LogP contribution in [-0.2, 0) is 4.79 Å². The Hall–Kier alpha value is -3.14. The number of hydrogen-bond acceptors (Lipinski definition) is 7. The van der Waals surface area contributed by atoms with Gasteiger partial charge < -0.3 is 4.90 Å². The number of carbonyl (C=O) groups is 1. The zero-order valence-corrected chi connectivity index (χ0v) is 19.0. The average molecular weight is 464 g/mol. The number of para-hydroxylation sites is 1. The maximum absolute atomic E-state index is 13.6. The largest absolute Gasteiger partial charge is 0.340 e. The molecular weight excluding hydrogens is 442 g/mol. The van der Waals surface area contributed by atoms with Crippen molar-refractivity contribution in [1.82, 2.24) is 14.5 Å². The van der Waals surface area contributed by atoms with Gasteiger partial charge in [0.15, 0.2) is 5.16 Å². The molecule has 7 nitrogen and oxygen atoms in total. The third-order valence-electron chi connectivity index (χ3n) is 5.30. The fourth-order valence-electron chi connectivity index (χ4n) is 3.54. The molecule has 3 aromatic rings. The minimum Gasteiger partial charge on any atom is -0.340 e. The lowest BCUT2D eigenvalue weighted by Gasteiger charge is -2.20. The Morgan fingerprint density at radius 3 is 2.50 bits per heavy atom. The first-order valence-electron chi connectivity index (χ1n) is 10.4. The van der Waals surface area contributed by atoms with Crippen LogP contribution in [0.4, 0.5) is 0 Å². The van der Waals surface area contributed by atoms with Crippen molar-refractivity contribution in [3.63, 3.8) is 0 Å². The number of fused-ring (bicyclic) bond motifs is 1. The van der Waals surface area contributed by atoms with E-state index in [1.807, 2.05) is 47.9 Å². The first-order chi connectivity index (χ1) is 15.6. The van der Waals surface area contributed by atoms with Crippen molar-refractivity contribution >= 4 is 39.2 Å². The van der Waals surface area contributed by atoms with Gasteiger partial charge in [-0.3, -0.25) is 14.2 Å². The molecule has 0 N–H and O–H groups in total. The molecule has 1 amide bonds. The molecule has 9 heteroatoms. The molecule has 0 atom stereocenters. The number of benzene rings is 1. The van der Waals surface area contributed by atoms with E-state index in [0.717, 1.165) is 18.4 Å². The number of rotatable bonds is 9. The molecule has 4 rings (SSSR count). The average Bonchev–Trinajstić information content (AvgIpc) is 3.57. The number of amides is 1. The SMILES string of the molecule is N#CCCN(CCC#N)C(=O)CSc1nc2scc(C3CC3)c2c(=O)n1-c1ccccc1. The van der Waals surface area contributed by atoms with Gasteiger partial charge in [0.1, 0.15) is 4.83 Å². The summed E-state index contributed by atoms with van der Waals surface area (Å²) in [6, 6.07) is 13.4. The molecule has 0 saturated heterocycles. The summed E-state index contributed by atoms with van der Waals surface area (Å²) in [4.78, 5) is 33.4. The predicted molar refractivity (Wildman–Crippen MR) is 125 cm³/mol. The second-order valence-corrected chi connectivity index (χ2v) is 9.30. The summed E-state index contributed by atoms with van der Waals surface area (Å²) in [7, 11) is 0. The van der Waals surface area contributed by atoms with Crippen molar-refractivity contribution in [2.75, 3.05) is 18.8 Å². The topological polar surface area (TPSA) is 103 Å². The van der Waals surface area contributed by atoms with Gasteiger partial charge >= 0.3 is 0 Å². The maximum Gasteiger partial charge on any atom is 0.267 e. The monoisotopic (exact) mass is 463 g/mol. The third-order valence-corrected chi connectivity index (χ3v) is 7.12. The van der Waals surface area contributed by atoms with Crippen LogP contribution in [0.3, 0.4) is 0 Å².